The van der Waals surface area contributed by atoms with Crippen LogP contribution < -0.4 is 5.32 Å². The standard InChI is InChI=1S/C15H18FNO4S/c16-13-5-3-12(4-6-13)2-1-11-22(20,21)15(14(18)19)7-9-17-10-8-15/h1-6,17H,7-11H2,(H,18,19). The van der Waals surface area contributed by atoms with Gasteiger partial charge in [0.15, 0.2) is 14.6 Å². The van der Waals surface area contributed by atoms with Gasteiger partial charge in [-0.15, -0.1) is 0 Å². The molecule has 0 saturated carbocycles. The average molecular weight is 327 g/mol. The third kappa shape index (κ3) is 3.36. The van der Waals surface area contributed by atoms with Gasteiger partial charge >= 0.3 is 5.97 Å². The van der Waals surface area contributed by atoms with Crippen LogP contribution in [0.25, 0.3) is 6.08 Å². The molecule has 2 rings (SSSR count). The number of nitrogens with one attached hydrogen (secondary N) is 1. The molecule has 5 nitrogen and oxygen atoms in total. The SMILES string of the molecule is O=C(O)C1(S(=O)(=O)CC=Cc2ccc(F)cc2)CCNCC1. The van der Waals surface area contributed by atoms with Crippen LogP contribution in [0.15, 0.2) is 30.3 Å². The summed E-state index contributed by atoms with van der Waals surface area (Å²) >= 11 is 0. The lowest BCUT2D eigenvalue weighted by Gasteiger charge is -2.32. The zero-order valence-corrected chi connectivity index (χ0v) is 12.8. The van der Waals surface area contributed by atoms with E-state index in [4.69, 9.17) is 0 Å². The smallest absolute Gasteiger partial charge is 0.325 e. The number of hydrogen-bond acceptors (Lipinski definition) is 4. The van der Waals surface area contributed by atoms with Crippen LogP contribution in [-0.4, -0.2) is 43.1 Å². The van der Waals surface area contributed by atoms with Gasteiger partial charge < -0.3 is 10.4 Å². The third-order valence-electron chi connectivity index (χ3n) is 3.89. The molecule has 1 aromatic carbocycles. The van der Waals surface area contributed by atoms with Crippen LogP contribution in [-0.2, 0) is 14.6 Å². The first kappa shape index (κ1) is 16.6. The topological polar surface area (TPSA) is 83.5 Å². The van der Waals surface area contributed by atoms with Crippen molar-refractivity contribution in [1.29, 1.82) is 0 Å². The average Bonchev–Trinajstić information content (AvgIpc) is 2.49. The van der Waals surface area contributed by atoms with Gasteiger partial charge in [0.25, 0.3) is 0 Å². The number of carboxylic acid groups (broad SMARTS) is 1. The summed E-state index contributed by atoms with van der Waals surface area (Å²) in [6.45, 7) is 0.737. The van der Waals surface area contributed by atoms with Gasteiger partial charge in [0.05, 0.1) is 5.75 Å². The molecular formula is C15H18FNO4S. The normalized spacial score (nSPS) is 18.4. The van der Waals surface area contributed by atoms with Gasteiger partial charge in [-0.1, -0.05) is 24.3 Å². The van der Waals surface area contributed by atoms with E-state index in [1.165, 1.54) is 30.3 Å². The van der Waals surface area contributed by atoms with Gasteiger partial charge in [-0.05, 0) is 43.6 Å². The van der Waals surface area contributed by atoms with E-state index in [2.05, 4.69) is 5.32 Å². The van der Waals surface area contributed by atoms with E-state index in [9.17, 15) is 22.7 Å². The number of halogens is 1. The van der Waals surface area contributed by atoms with E-state index in [0.717, 1.165) is 0 Å². The van der Waals surface area contributed by atoms with E-state index >= 15 is 0 Å². The maximum atomic E-state index is 12.8. The van der Waals surface area contributed by atoms with Crippen molar-refractivity contribution in [2.24, 2.45) is 0 Å². The van der Waals surface area contributed by atoms with Crippen molar-refractivity contribution in [3.05, 3.63) is 41.7 Å². The molecule has 1 aliphatic rings. The van der Waals surface area contributed by atoms with E-state index in [0.29, 0.717) is 18.7 Å². The number of carbonyl (C=O) groups is 1. The lowest BCUT2D eigenvalue weighted by molar-refractivity contribution is -0.140. The molecule has 22 heavy (non-hydrogen) atoms. The highest BCUT2D eigenvalue weighted by Crippen LogP contribution is 2.29. The molecule has 0 spiro atoms. The maximum Gasteiger partial charge on any atom is 0.325 e. The van der Waals surface area contributed by atoms with Crippen molar-refractivity contribution in [3.63, 3.8) is 0 Å². The number of carboxylic acids is 1. The van der Waals surface area contributed by atoms with Crippen LogP contribution in [0.5, 0.6) is 0 Å². The van der Waals surface area contributed by atoms with Crippen LogP contribution in [0.2, 0.25) is 0 Å². The van der Waals surface area contributed by atoms with Crippen LogP contribution >= 0.6 is 0 Å². The first-order valence-corrected chi connectivity index (χ1v) is 8.61. The molecule has 1 fully saturated rings. The number of sulfone groups is 1. The van der Waals surface area contributed by atoms with Crippen molar-refractivity contribution in [3.8, 4) is 0 Å². The van der Waals surface area contributed by atoms with Crippen molar-refractivity contribution < 1.29 is 22.7 Å². The first-order chi connectivity index (χ1) is 10.4. The summed E-state index contributed by atoms with van der Waals surface area (Å²) in [5, 5.41) is 12.4. The molecule has 1 saturated heterocycles. The summed E-state index contributed by atoms with van der Waals surface area (Å²) in [5.74, 6) is -2.01. The second kappa shape index (κ2) is 6.58. The van der Waals surface area contributed by atoms with Gasteiger partial charge in [0.1, 0.15) is 5.82 Å². The van der Waals surface area contributed by atoms with Crippen LogP contribution in [0.1, 0.15) is 18.4 Å². The van der Waals surface area contributed by atoms with Crippen LogP contribution in [0.3, 0.4) is 0 Å². The Labute approximate surface area is 128 Å². The predicted octanol–water partition coefficient (Wildman–Crippen LogP) is 1.46. The Balaban J connectivity index is 2.15. The quantitative estimate of drug-likeness (QED) is 0.855. The van der Waals surface area contributed by atoms with Crippen molar-refractivity contribution in [1.82, 2.24) is 5.32 Å². The molecule has 0 aromatic heterocycles. The molecule has 0 bridgehead atoms. The Morgan fingerprint density at radius 2 is 1.86 bits per heavy atom. The minimum atomic E-state index is -3.82. The van der Waals surface area contributed by atoms with E-state index < -0.39 is 20.6 Å². The van der Waals surface area contributed by atoms with E-state index in [1.54, 1.807) is 6.08 Å². The zero-order valence-electron chi connectivity index (χ0n) is 12.0. The van der Waals surface area contributed by atoms with Gasteiger partial charge in [0.2, 0.25) is 0 Å². The molecule has 1 aliphatic heterocycles. The third-order valence-corrected chi connectivity index (χ3v) is 6.30. The minimum Gasteiger partial charge on any atom is -0.480 e. The Bertz CT molecular complexity index is 661. The molecule has 0 atom stereocenters. The fourth-order valence-electron chi connectivity index (χ4n) is 2.53. The number of hydrogen-bond donors (Lipinski definition) is 2. The first-order valence-electron chi connectivity index (χ1n) is 6.96. The maximum absolute atomic E-state index is 12.8. The lowest BCUT2D eigenvalue weighted by atomic mass is 9.97. The lowest BCUT2D eigenvalue weighted by Crippen LogP contribution is -2.54. The molecule has 120 valence electrons. The highest BCUT2D eigenvalue weighted by molar-refractivity contribution is 7.93. The zero-order chi connectivity index (χ0) is 16.2. The van der Waals surface area contributed by atoms with E-state index in [-0.39, 0.29) is 24.4 Å². The highest BCUT2D eigenvalue weighted by atomic mass is 32.2. The van der Waals surface area contributed by atoms with Crippen molar-refractivity contribution >= 4 is 21.9 Å². The van der Waals surface area contributed by atoms with Gasteiger partial charge in [0, 0.05) is 0 Å². The fraction of sp³-hybridized carbons (Fsp3) is 0.400. The summed E-state index contributed by atoms with van der Waals surface area (Å²) in [7, 11) is -3.82. The largest absolute Gasteiger partial charge is 0.480 e. The van der Waals surface area contributed by atoms with Gasteiger partial charge in [-0.25, -0.2) is 12.8 Å². The predicted molar refractivity (Wildman–Crippen MR) is 81.7 cm³/mol. The molecule has 1 aromatic rings. The number of aliphatic carboxylic acids is 1. The number of rotatable bonds is 5. The van der Waals surface area contributed by atoms with Gasteiger partial charge in [-0.2, -0.15) is 0 Å². The Morgan fingerprint density at radius 3 is 2.41 bits per heavy atom. The summed E-state index contributed by atoms with van der Waals surface area (Å²) < 4.78 is 36.0. The molecular weight excluding hydrogens is 309 g/mol. The molecule has 1 heterocycles. The second-order valence-electron chi connectivity index (χ2n) is 5.28. The Morgan fingerprint density at radius 1 is 1.27 bits per heavy atom. The summed E-state index contributed by atoms with van der Waals surface area (Å²) in [5.41, 5.74) is 0.659. The number of benzene rings is 1. The van der Waals surface area contributed by atoms with Gasteiger partial charge in [-0.3, -0.25) is 4.79 Å². The second-order valence-corrected chi connectivity index (χ2v) is 7.63. The van der Waals surface area contributed by atoms with Crippen LogP contribution in [0.4, 0.5) is 4.39 Å². The molecule has 0 unspecified atom stereocenters. The Hall–Kier alpha value is -1.73. The molecule has 0 radical (unpaired) electrons. The summed E-state index contributed by atoms with van der Waals surface area (Å²) in [6, 6.07) is 5.60. The molecule has 7 heteroatoms. The summed E-state index contributed by atoms with van der Waals surface area (Å²) in [4.78, 5) is 11.5. The molecule has 0 amide bonds. The minimum absolute atomic E-state index is 0.0645. The van der Waals surface area contributed by atoms with E-state index in [1.807, 2.05) is 0 Å². The Kier molecular flexibility index (Phi) is 4.97. The summed E-state index contributed by atoms with van der Waals surface area (Å²) in [6.07, 6.45) is 3.09. The van der Waals surface area contributed by atoms with Crippen LogP contribution in [0, 0.1) is 5.82 Å². The molecule has 2 N–H and O–H groups in total. The number of piperidine rings is 1. The molecule has 0 aliphatic carbocycles. The van der Waals surface area contributed by atoms with Crippen molar-refractivity contribution in [2.45, 2.75) is 17.6 Å². The fourth-order valence-corrected chi connectivity index (χ4v) is 4.29. The van der Waals surface area contributed by atoms with Crippen molar-refractivity contribution in [2.75, 3.05) is 18.8 Å². The monoisotopic (exact) mass is 327 g/mol. The highest BCUT2D eigenvalue weighted by Gasteiger charge is 2.50.